The summed E-state index contributed by atoms with van der Waals surface area (Å²) in [5.74, 6) is -0.165. The molecule has 0 aliphatic rings. The first-order valence-corrected chi connectivity index (χ1v) is 6.83. The summed E-state index contributed by atoms with van der Waals surface area (Å²) >= 11 is 0. The largest absolute Gasteiger partial charge is 0.352 e. The number of nitrogens with zero attached hydrogens (tertiary/aromatic N) is 2. The van der Waals surface area contributed by atoms with Crippen LogP contribution in [-0.4, -0.2) is 41.3 Å². The number of nitrogens with two attached hydrogens (primary N) is 1. The molecule has 0 radical (unpaired) electrons. The molecule has 20 heavy (non-hydrogen) atoms. The molecule has 0 saturated heterocycles. The van der Waals surface area contributed by atoms with Crippen LogP contribution in [0, 0.1) is 0 Å². The number of aromatic nitrogens is 1. The Hall–Kier alpha value is -1.95. The van der Waals surface area contributed by atoms with E-state index < -0.39 is 0 Å². The molecular weight excluding hydrogens is 256 g/mol. The molecular formula is C14H22N4O2. The van der Waals surface area contributed by atoms with Gasteiger partial charge in [0, 0.05) is 44.4 Å². The zero-order valence-corrected chi connectivity index (χ0v) is 12.1. The molecule has 1 heterocycles. The van der Waals surface area contributed by atoms with Crippen LogP contribution in [0.1, 0.15) is 36.3 Å². The van der Waals surface area contributed by atoms with E-state index in [9.17, 15) is 9.59 Å². The van der Waals surface area contributed by atoms with Crippen LogP contribution in [0.15, 0.2) is 18.3 Å². The second-order valence-corrected chi connectivity index (χ2v) is 4.31. The van der Waals surface area contributed by atoms with Crippen molar-refractivity contribution < 1.29 is 9.59 Å². The van der Waals surface area contributed by atoms with E-state index in [4.69, 9.17) is 5.73 Å². The van der Waals surface area contributed by atoms with E-state index in [2.05, 4.69) is 10.3 Å². The minimum absolute atomic E-state index is 0.0488. The van der Waals surface area contributed by atoms with Gasteiger partial charge in [-0.15, -0.1) is 0 Å². The van der Waals surface area contributed by atoms with Crippen molar-refractivity contribution in [3.05, 3.63) is 29.6 Å². The van der Waals surface area contributed by atoms with Crippen molar-refractivity contribution in [3.63, 3.8) is 0 Å². The summed E-state index contributed by atoms with van der Waals surface area (Å²) < 4.78 is 0. The molecule has 2 amide bonds. The number of hydrogen-bond acceptors (Lipinski definition) is 4. The van der Waals surface area contributed by atoms with Crippen molar-refractivity contribution in [2.75, 3.05) is 19.6 Å². The number of carbonyl (C=O) groups is 2. The zero-order chi connectivity index (χ0) is 15.0. The fourth-order valence-corrected chi connectivity index (χ4v) is 1.85. The van der Waals surface area contributed by atoms with E-state index in [0.29, 0.717) is 43.9 Å². The number of pyridine rings is 1. The van der Waals surface area contributed by atoms with Gasteiger partial charge in [-0.3, -0.25) is 14.6 Å². The molecule has 0 unspecified atom stereocenters. The Morgan fingerprint density at radius 1 is 1.35 bits per heavy atom. The van der Waals surface area contributed by atoms with Crippen molar-refractivity contribution >= 4 is 11.8 Å². The molecule has 0 bridgehead atoms. The van der Waals surface area contributed by atoms with E-state index >= 15 is 0 Å². The molecule has 110 valence electrons. The van der Waals surface area contributed by atoms with Crippen LogP contribution >= 0.6 is 0 Å². The molecule has 6 nitrogen and oxygen atoms in total. The van der Waals surface area contributed by atoms with Crippen LogP contribution in [-0.2, 0) is 11.3 Å². The van der Waals surface area contributed by atoms with Crippen LogP contribution in [0.5, 0.6) is 0 Å². The molecule has 6 heteroatoms. The third kappa shape index (κ3) is 4.62. The molecule has 0 saturated carbocycles. The van der Waals surface area contributed by atoms with Gasteiger partial charge in [-0.05, 0) is 26.0 Å². The van der Waals surface area contributed by atoms with Crippen molar-refractivity contribution in [1.29, 1.82) is 0 Å². The summed E-state index contributed by atoms with van der Waals surface area (Å²) in [5, 5.41) is 2.73. The second kappa shape index (κ2) is 8.27. The van der Waals surface area contributed by atoms with Gasteiger partial charge >= 0.3 is 0 Å². The molecule has 1 aromatic rings. The molecule has 0 aliphatic carbocycles. The highest BCUT2D eigenvalue weighted by Gasteiger charge is 2.11. The number of rotatable bonds is 7. The van der Waals surface area contributed by atoms with Crippen LogP contribution in [0.4, 0.5) is 0 Å². The smallest absolute Gasteiger partial charge is 0.251 e. The Labute approximate surface area is 119 Å². The summed E-state index contributed by atoms with van der Waals surface area (Å²) in [6.45, 7) is 5.87. The van der Waals surface area contributed by atoms with Crippen molar-refractivity contribution in [3.8, 4) is 0 Å². The van der Waals surface area contributed by atoms with Crippen molar-refractivity contribution in [2.24, 2.45) is 5.73 Å². The predicted molar refractivity (Wildman–Crippen MR) is 77.0 cm³/mol. The topological polar surface area (TPSA) is 88.3 Å². The summed E-state index contributed by atoms with van der Waals surface area (Å²) in [7, 11) is 0. The first-order valence-electron chi connectivity index (χ1n) is 6.83. The molecule has 1 rings (SSSR count). The standard InChI is InChI=1S/C14H22N4O2/c1-3-18(4-2)13(19)6-8-17-14(20)11-5-7-16-12(9-11)10-15/h5,7,9H,3-4,6,8,10,15H2,1-2H3,(H,17,20). The quantitative estimate of drug-likeness (QED) is 0.761. The molecule has 3 N–H and O–H groups in total. The SMILES string of the molecule is CCN(CC)C(=O)CCNC(=O)c1ccnc(CN)c1. The van der Waals surface area contributed by atoms with E-state index in [1.54, 1.807) is 23.2 Å². The summed E-state index contributed by atoms with van der Waals surface area (Å²) in [6.07, 6.45) is 1.86. The maximum Gasteiger partial charge on any atom is 0.251 e. The predicted octanol–water partition coefficient (Wildman–Crippen LogP) is 0.529. The lowest BCUT2D eigenvalue weighted by molar-refractivity contribution is -0.130. The summed E-state index contributed by atoms with van der Waals surface area (Å²) in [6, 6.07) is 3.28. The lowest BCUT2D eigenvalue weighted by Gasteiger charge is -2.18. The van der Waals surface area contributed by atoms with Gasteiger partial charge < -0.3 is 16.0 Å². The Bertz CT molecular complexity index is 458. The Kier molecular flexibility index (Phi) is 6.66. The highest BCUT2D eigenvalue weighted by molar-refractivity contribution is 5.94. The highest BCUT2D eigenvalue weighted by Crippen LogP contribution is 2.01. The minimum Gasteiger partial charge on any atom is -0.352 e. The maximum atomic E-state index is 11.9. The Morgan fingerprint density at radius 3 is 2.65 bits per heavy atom. The molecule has 0 aliphatic heterocycles. The van der Waals surface area contributed by atoms with Crippen LogP contribution in [0.25, 0.3) is 0 Å². The number of hydrogen-bond donors (Lipinski definition) is 2. The lowest BCUT2D eigenvalue weighted by Crippen LogP contribution is -2.34. The average Bonchev–Trinajstić information content (AvgIpc) is 2.48. The Morgan fingerprint density at radius 2 is 2.05 bits per heavy atom. The molecule has 0 atom stereocenters. The lowest BCUT2D eigenvalue weighted by atomic mass is 10.2. The first kappa shape index (κ1) is 16.1. The van der Waals surface area contributed by atoms with Gasteiger partial charge in [-0.2, -0.15) is 0 Å². The van der Waals surface area contributed by atoms with Gasteiger partial charge in [0.25, 0.3) is 5.91 Å². The molecule has 0 fully saturated rings. The zero-order valence-electron chi connectivity index (χ0n) is 12.1. The van der Waals surface area contributed by atoms with Crippen molar-refractivity contribution in [2.45, 2.75) is 26.8 Å². The first-order chi connectivity index (χ1) is 9.62. The minimum atomic E-state index is -0.213. The van der Waals surface area contributed by atoms with Crippen LogP contribution in [0.2, 0.25) is 0 Å². The summed E-state index contributed by atoms with van der Waals surface area (Å²) in [5.41, 5.74) is 6.65. The number of carbonyl (C=O) groups excluding carboxylic acids is 2. The van der Waals surface area contributed by atoms with Gasteiger partial charge in [0.15, 0.2) is 0 Å². The Balaban J connectivity index is 2.45. The van der Waals surface area contributed by atoms with Gasteiger partial charge in [0.1, 0.15) is 0 Å². The fraction of sp³-hybridized carbons (Fsp3) is 0.500. The normalized spacial score (nSPS) is 10.2. The molecule has 1 aromatic heterocycles. The van der Waals surface area contributed by atoms with Gasteiger partial charge in [-0.25, -0.2) is 0 Å². The van der Waals surface area contributed by atoms with Gasteiger partial charge in [0.2, 0.25) is 5.91 Å². The van der Waals surface area contributed by atoms with Crippen LogP contribution in [0.3, 0.4) is 0 Å². The van der Waals surface area contributed by atoms with Crippen molar-refractivity contribution in [1.82, 2.24) is 15.2 Å². The van der Waals surface area contributed by atoms with Gasteiger partial charge in [0.05, 0.1) is 5.69 Å². The van der Waals surface area contributed by atoms with E-state index in [1.807, 2.05) is 13.8 Å². The number of amides is 2. The van der Waals surface area contributed by atoms with E-state index in [0.717, 1.165) is 0 Å². The fourth-order valence-electron chi connectivity index (χ4n) is 1.85. The average molecular weight is 278 g/mol. The molecule has 0 spiro atoms. The monoisotopic (exact) mass is 278 g/mol. The third-order valence-corrected chi connectivity index (χ3v) is 3.03. The number of nitrogens with one attached hydrogen (secondary N) is 1. The van der Waals surface area contributed by atoms with E-state index in [-0.39, 0.29) is 11.8 Å². The second-order valence-electron chi connectivity index (χ2n) is 4.31. The van der Waals surface area contributed by atoms with Gasteiger partial charge in [-0.1, -0.05) is 0 Å². The maximum absolute atomic E-state index is 11.9. The highest BCUT2D eigenvalue weighted by atomic mass is 16.2. The summed E-state index contributed by atoms with van der Waals surface area (Å²) in [4.78, 5) is 29.4. The van der Waals surface area contributed by atoms with E-state index in [1.165, 1.54) is 0 Å². The van der Waals surface area contributed by atoms with Crippen LogP contribution < -0.4 is 11.1 Å². The molecule has 0 aromatic carbocycles. The third-order valence-electron chi connectivity index (χ3n) is 3.03.